The maximum Gasteiger partial charge on any atom is 0.359 e. The van der Waals surface area contributed by atoms with Crippen molar-refractivity contribution in [2.45, 2.75) is 6.54 Å². The lowest BCUT2D eigenvalue weighted by Gasteiger charge is -2.28. The minimum Gasteiger partial charge on any atom is -0.491 e. The third kappa shape index (κ3) is 5.57. The van der Waals surface area contributed by atoms with E-state index in [1.165, 1.54) is 12.4 Å². The highest BCUT2D eigenvalue weighted by Crippen LogP contribution is 2.30. The molecule has 4 heterocycles. The number of rotatable bonds is 9. The molecule has 0 unspecified atom stereocenters. The molecule has 39 heavy (non-hydrogen) atoms. The van der Waals surface area contributed by atoms with Crippen LogP contribution >= 0.6 is 0 Å². The third-order valence-electron chi connectivity index (χ3n) is 6.26. The molecule has 0 saturated carbocycles. The van der Waals surface area contributed by atoms with E-state index in [0.29, 0.717) is 61.5 Å². The zero-order chi connectivity index (χ0) is 27.4. The second-order valence-electron chi connectivity index (χ2n) is 8.86. The SMILES string of the molecule is CN(Cc1nc2c(N3CCOCC3)nc(-c3cccc(OCCO)c3)nc2n1C)c1ncc(C(=O)ON)cn1. The van der Waals surface area contributed by atoms with Crippen molar-refractivity contribution in [2.24, 2.45) is 12.9 Å². The molecule has 0 aliphatic carbocycles. The average molecular weight is 536 g/mol. The summed E-state index contributed by atoms with van der Waals surface area (Å²) in [7, 11) is 3.73. The van der Waals surface area contributed by atoms with E-state index >= 15 is 0 Å². The maximum absolute atomic E-state index is 11.6. The van der Waals surface area contributed by atoms with Crippen LogP contribution in [0.2, 0.25) is 0 Å². The van der Waals surface area contributed by atoms with Crippen LogP contribution in [-0.4, -0.2) is 87.1 Å². The number of aliphatic hydroxyl groups is 1. The molecule has 0 bridgehead atoms. The van der Waals surface area contributed by atoms with Crippen LogP contribution in [0.4, 0.5) is 11.8 Å². The Kier molecular flexibility index (Phi) is 7.76. The Labute approximate surface area is 223 Å². The van der Waals surface area contributed by atoms with Gasteiger partial charge in [-0.1, -0.05) is 12.1 Å². The first-order valence-corrected chi connectivity index (χ1v) is 12.3. The smallest absolute Gasteiger partial charge is 0.359 e. The molecule has 0 atom stereocenters. The van der Waals surface area contributed by atoms with Gasteiger partial charge in [0.15, 0.2) is 22.8 Å². The molecule has 14 heteroatoms. The molecule has 1 saturated heterocycles. The van der Waals surface area contributed by atoms with Crippen LogP contribution in [0.5, 0.6) is 5.75 Å². The fraction of sp³-hybridized carbons (Fsp3) is 0.360. The molecule has 1 fully saturated rings. The van der Waals surface area contributed by atoms with Gasteiger partial charge in [0, 0.05) is 45.1 Å². The number of hydrogen-bond donors (Lipinski definition) is 2. The molecule has 1 aliphatic heterocycles. The standard InChI is InChI=1S/C25H29N9O5/c1-32(25-27-13-17(14-28-25)24(36)39-26)15-19-29-20-22(33(19)2)30-21(31-23(20)34-6-9-37-10-7-34)16-4-3-5-18(12-16)38-11-8-35/h3-5,12-14,35H,6-11,15,26H2,1-2H3. The number of carbonyl (C=O) groups is 1. The molecule has 3 aromatic heterocycles. The average Bonchev–Trinajstić information content (AvgIpc) is 3.30. The van der Waals surface area contributed by atoms with E-state index in [1.54, 1.807) is 0 Å². The van der Waals surface area contributed by atoms with Crippen LogP contribution in [0.25, 0.3) is 22.6 Å². The van der Waals surface area contributed by atoms with E-state index in [4.69, 9.17) is 35.4 Å². The fourth-order valence-electron chi connectivity index (χ4n) is 4.22. The van der Waals surface area contributed by atoms with Gasteiger partial charge in [0.1, 0.15) is 18.2 Å². The Hall–Kier alpha value is -4.40. The molecule has 0 radical (unpaired) electrons. The quantitative estimate of drug-likeness (QED) is 0.288. The van der Waals surface area contributed by atoms with Gasteiger partial charge in [0.25, 0.3) is 0 Å². The molecule has 0 amide bonds. The normalized spacial score (nSPS) is 13.5. The Balaban J connectivity index is 1.51. The number of aromatic nitrogens is 6. The predicted molar refractivity (Wildman–Crippen MR) is 141 cm³/mol. The molecule has 0 spiro atoms. The van der Waals surface area contributed by atoms with Crippen molar-refractivity contribution in [1.82, 2.24) is 29.5 Å². The molecule has 5 rings (SSSR count). The first kappa shape index (κ1) is 26.2. The van der Waals surface area contributed by atoms with Gasteiger partial charge in [-0.15, -0.1) is 0 Å². The Morgan fingerprint density at radius 2 is 1.95 bits per heavy atom. The van der Waals surface area contributed by atoms with E-state index in [2.05, 4.69) is 19.7 Å². The lowest BCUT2D eigenvalue weighted by molar-refractivity contribution is 0.0502. The maximum atomic E-state index is 11.6. The van der Waals surface area contributed by atoms with Gasteiger partial charge in [-0.25, -0.2) is 29.7 Å². The number of carbonyl (C=O) groups excluding carboxylic acids is 1. The van der Waals surface area contributed by atoms with Crippen molar-refractivity contribution in [3.8, 4) is 17.1 Å². The molecule has 1 aromatic carbocycles. The summed E-state index contributed by atoms with van der Waals surface area (Å²) in [6, 6.07) is 7.47. The van der Waals surface area contributed by atoms with Crippen molar-refractivity contribution in [3.05, 3.63) is 48.0 Å². The summed E-state index contributed by atoms with van der Waals surface area (Å²) in [5.41, 5.74) is 2.29. The topological polar surface area (TPSA) is 167 Å². The Bertz CT molecular complexity index is 1450. The number of aliphatic hydroxyl groups excluding tert-OH is 1. The van der Waals surface area contributed by atoms with Crippen LogP contribution in [0.3, 0.4) is 0 Å². The summed E-state index contributed by atoms with van der Waals surface area (Å²) < 4.78 is 13.1. The van der Waals surface area contributed by atoms with Gasteiger partial charge >= 0.3 is 5.97 Å². The summed E-state index contributed by atoms with van der Waals surface area (Å²) in [6.07, 6.45) is 2.71. The van der Waals surface area contributed by atoms with Gasteiger partial charge in [0.2, 0.25) is 5.95 Å². The van der Waals surface area contributed by atoms with Crippen molar-refractivity contribution in [2.75, 3.05) is 56.4 Å². The number of anilines is 2. The Morgan fingerprint density at radius 3 is 2.67 bits per heavy atom. The number of imidazole rings is 1. The molecular weight excluding hydrogens is 506 g/mol. The number of nitrogens with zero attached hydrogens (tertiary/aromatic N) is 8. The highest BCUT2D eigenvalue weighted by Gasteiger charge is 2.23. The minimum absolute atomic E-state index is 0.0739. The van der Waals surface area contributed by atoms with Gasteiger partial charge in [-0.2, -0.15) is 5.90 Å². The number of nitrogens with two attached hydrogens (primary N) is 1. The molecule has 3 N–H and O–H groups in total. The number of hydrogen-bond acceptors (Lipinski definition) is 13. The Morgan fingerprint density at radius 1 is 1.18 bits per heavy atom. The molecule has 14 nitrogen and oxygen atoms in total. The number of benzene rings is 1. The molecule has 204 valence electrons. The first-order chi connectivity index (χ1) is 19.0. The summed E-state index contributed by atoms with van der Waals surface area (Å²) >= 11 is 0. The van der Waals surface area contributed by atoms with Gasteiger partial charge in [-0.3, -0.25) is 0 Å². The third-order valence-corrected chi connectivity index (χ3v) is 6.26. The van der Waals surface area contributed by atoms with Gasteiger partial charge in [0.05, 0.1) is 31.9 Å². The molecule has 4 aromatic rings. The second kappa shape index (κ2) is 11.6. The van der Waals surface area contributed by atoms with Crippen LogP contribution in [-0.2, 0) is 23.2 Å². The van der Waals surface area contributed by atoms with E-state index in [9.17, 15) is 4.79 Å². The van der Waals surface area contributed by atoms with Gasteiger partial charge < -0.3 is 33.8 Å². The summed E-state index contributed by atoms with van der Waals surface area (Å²) in [5.74, 6) is 7.23. The summed E-state index contributed by atoms with van der Waals surface area (Å²) in [6.45, 7) is 3.05. The van der Waals surface area contributed by atoms with Crippen molar-refractivity contribution in [1.29, 1.82) is 0 Å². The van der Waals surface area contributed by atoms with Crippen molar-refractivity contribution in [3.63, 3.8) is 0 Å². The van der Waals surface area contributed by atoms with Crippen LogP contribution in [0.15, 0.2) is 36.7 Å². The number of fused-ring (bicyclic) bond motifs is 1. The van der Waals surface area contributed by atoms with E-state index in [0.717, 1.165) is 17.2 Å². The van der Waals surface area contributed by atoms with Crippen LogP contribution in [0.1, 0.15) is 16.2 Å². The minimum atomic E-state index is -0.713. The van der Waals surface area contributed by atoms with Gasteiger partial charge in [-0.05, 0) is 12.1 Å². The lowest BCUT2D eigenvalue weighted by atomic mass is 10.2. The highest BCUT2D eigenvalue weighted by atomic mass is 16.7. The largest absolute Gasteiger partial charge is 0.491 e. The van der Waals surface area contributed by atoms with E-state index in [-0.39, 0.29) is 18.8 Å². The first-order valence-electron chi connectivity index (χ1n) is 12.3. The summed E-state index contributed by atoms with van der Waals surface area (Å²) in [5, 5.41) is 9.12. The number of morpholine rings is 1. The number of ether oxygens (including phenoxy) is 2. The summed E-state index contributed by atoms with van der Waals surface area (Å²) in [4.78, 5) is 43.0. The zero-order valence-electron chi connectivity index (χ0n) is 21.6. The second-order valence-corrected chi connectivity index (χ2v) is 8.86. The van der Waals surface area contributed by atoms with E-state index in [1.807, 2.05) is 47.8 Å². The molecular formula is C25H29N9O5. The van der Waals surface area contributed by atoms with Crippen molar-refractivity contribution < 1.29 is 24.2 Å². The lowest BCUT2D eigenvalue weighted by Crippen LogP contribution is -2.37. The zero-order valence-corrected chi connectivity index (χ0v) is 21.6. The molecule has 1 aliphatic rings. The predicted octanol–water partition coefficient (Wildman–Crippen LogP) is 0.695. The van der Waals surface area contributed by atoms with Crippen LogP contribution in [0, 0.1) is 0 Å². The monoisotopic (exact) mass is 535 g/mol. The van der Waals surface area contributed by atoms with Crippen molar-refractivity contribution >= 4 is 28.9 Å². The number of aryl methyl sites for hydroxylation is 1. The fourth-order valence-corrected chi connectivity index (χ4v) is 4.22. The van der Waals surface area contributed by atoms with E-state index < -0.39 is 5.97 Å². The highest BCUT2D eigenvalue weighted by molar-refractivity contribution is 5.88. The van der Waals surface area contributed by atoms with Crippen LogP contribution < -0.4 is 20.4 Å².